The Morgan fingerprint density at radius 1 is 0.838 bits per heavy atom. The molecule has 0 aliphatic heterocycles. The highest BCUT2D eigenvalue weighted by atomic mass is 32.2. The minimum atomic E-state index is -0.439. The molecule has 1 N–H and O–H groups in total. The van der Waals surface area contributed by atoms with E-state index in [1.165, 1.54) is 17.3 Å². The van der Waals surface area contributed by atoms with Crippen molar-refractivity contribution in [1.29, 1.82) is 0 Å². The van der Waals surface area contributed by atoms with E-state index in [-0.39, 0.29) is 17.8 Å². The summed E-state index contributed by atoms with van der Waals surface area (Å²) in [6.45, 7) is 6.29. The van der Waals surface area contributed by atoms with Crippen molar-refractivity contribution in [1.82, 2.24) is 0 Å². The summed E-state index contributed by atoms with van der Waals surface area (Å²) < 4.78 is 11.1. The van der Waals surface area contributed by atoms with Gasteiger partial charge in [0.25, 0.3) is 5.91 Å². The van der Waals surface area contributed by atoms with Crippen molar-refractivity contribution < 1.29 is 19.1 Å². The van der Waals surface area contributed by atoms with Gasteiger partial charge in [0, 0.05) is 10.6 Å². The Kier molecular flexibility index (Phi) is 8.51. The first-order chi connectivity index (χ1) is 17.8. The quantitative estimate of drug-likeness (QED) is 0.175. The summed E-state index contributed by atoms with van der Waals surface area (Å²) in [5.41, 5.74) is 2.00. The highest BCUT2D eigenvalue weighted by Gasteiger charge is 2.17. The molecule has 6 heteroatoms. The average molecular weight is 514 g/mol. The number of nitrogens with one attached hydrogen (secondary N) is 1. The first kappa shape index (κ1) is 26.3. The van der Waals surface area contributed by atoms with Gasteiger partial charge >= 0.3 is 5.97 Å². The van der Waals surface area contributed by atoms with Gasteiger partial charge in [-0.05, 0) is 76.7 Å². The predicted molar refractivity (Wildman–Crippen MR) is 151 cm³/mol. The summed E-state index contributed by atoms with van der Waals surface area (Å²) in [6.07, 6.45) is 1.06. The van der Waals surface area contributed by atoms with Crippen LogP contribution < -0.4 is 10.1 Å². The van der Waals surface area contributed by atoms with Crippen LogP contribution in [0.4, 0.5) is 5.69 Å². The molecule has 0 aliphatic rings. The molecule has 0 aliphatic carbocycles. The van der Waals surface area contributed by atoms with Crippen LogP contribution in [0.2, 0.25) is 0 Å². The number of benzene rings is 4. The highest BCUT2D eigenvalue weighted by Crippen LogP contribution is 2.30. The van der Waals surface area contributed by atoms with Gasteiger partial charge in [-0.3, -0.25) is 9.59 Å². The molecule has 4 aromatic carbocycles. The molecule has 0 atom stereocenters. The molecule has 0 spiro atoms. The molecule has 4 aromatic rings. The largest absolute Gasteiger partial charge is 0.457 e. The molecule has 0 radical (unpaired) electrons. The summed E-state index contributed by atoms with van der Waals surface area (Å²) in [7, 11) is 0. The molecule has 0 fully saturated rings. The van der Waals surface area contributed by atoms with Crippen molar-refractivity contribution in [3.8, 4) is 11.5 Å². The fraction of sp³-hybridized carbons (Fsp3) is 0.226. The minimum absolute atomic E-state index is 0.128. The summed E-state index contributed by atoms with van der Waals surface area (Å²) in [4.78, 5) is 25.3. The van der Waals surface area contributed by atoms with Crippen LogP contribution >= 0.6 is 11.8 Å². The van der Waals surface area contributed by atoms with Gasteiger partial charge in [-0.1, -0.05) is 63.2 Å². The van der Waals surface area contributed by atoms with Gasteiger partial charge in [0.2, 0.25) is 0 Å². The van der Waals surface area contributed by atoms with E-state index in [0.29, 0.717) is 11.4 Å². The number of fused-ring (bicyclic) bond motifs is 1. The zero-order chi connectivity index (χ0) is 26.3. The number of amides is 1. The number of hydrogen-bond donors (Lipinski definition) is 1. The maximum atomic E-state index is 12.2. The number of carbonyl (C=O) groups excluding carboxylic acids is 2. The Balaban J connectivity index is 1.21. The fourth-order valence-corrected chi connectivity index (χ4v) is 4.45. The number of hydrogen-bond acceptors (Lipinski definition) is 5. The van der Waals surface area contributed by atoms with Gasteiger partial charge in [-0.15, -0.1) is 11.8 Å². The number of ether oxygens (including phenoxy) is 2. The van der Waals surface area contributed by atoms with Crippen LogP contribution in [-0.4, -0.2) is 24.2 Å². The van der Waals surface area contributed by atoms with E-state index >= 15 is 0 Å². The van der Waals surface area contributed by atoms with E-state index in [4.69, 9.17) is 9.47 Å². The Hall–Kier alpha value is -3.77. The second-order valence-corrected chi connectivity index (χ2v) is 10.4. The number of rotatable bonds is 10. The van der Waals surface area contributed by atoms with Crippen LogP contribution in [0.1, 0.15) is 32.8 Å². The third-order valence-corrected chi connectivity index (χ3v) is 7.30. The lowest BCUT2D eigenvalue weighted by Gasteiger charge is -2.23. The second kappa shape index (κ2) is 12.0. The summed E-state index contributed by atoms with van der Waals surface area (Å²) in [5.74, 6) is 0.713. The maximum absolute atomic E-state index is 12.2. The Morgan fingerprint density at radius 3 is 2.16 bits per heavy atom. The number of anilines is 1. The van der Waals surface area contributed by atoms with E-state index in [1.807, 2.05) is 54.6 Å². The molecule has 0 saturated heterocycles. The molecule has 0 unspecified atom stereocenters. The number of esters is 1. The lowest BCUT2D eigenvalue weighted by atomic mass is 9.82. The van der Waals surface area contributed by atoms with E-state index in [0.717, 1.165) is 27.8 Å². The molecule has 1 amide bonds. The monoisotopic (exact) mass is 513 g/mol. The van der Waals surface area contributed by atoms with Crippen LogP contribution in [0.3, 0.4) is 0 Å². The Labute approximate surface area is 222 Å². The maximum Gasteiger partial charge on any atom is 0.316 e. The Morgan fingerprint density at radius 2 is 1.49 bits per heavy atom. The van der Waals surface area contributed by atoms with Crippen LogP contribution in [-0.2, 0) is 19.7 Å². The molecule has 190 valence electrons. The van der Waals surface area contributed by atoms with Crippen LogP contribution in [0, 0.1) is 0 Å². The lowest BCUT2D eigenvalue weighted by Crippen LogP contribution is -2.21. The zero-order valence-corrected chi connectivity index (χ0v) is 22.1. The standard InChI is InChI=1S/C31H31NO4S/c1-4-31(2,3)24-10-14-26(15-11-24)36-27-16-12-25(13-17-27)32-29(33)20-35-30(34)21-37-28-18-9-22-7-5-6-8-23(22)19-28/h5-19H,4,20-21H2,1-3H3,(H,32,33). The molecule has 4 rings (SSSR count). The van der Waals surface area contributed by atoms with Gasteiger partial charge in [0.1, 0.15) is 11.5 Å². The first-order valence-electron chi connectivity index (χ1n) is 12.3. The Bertz CT molecular complexity index is 1360. The topological polar surface area (TPSA) is 64.6 Å². The average Bonchev–Trinajstić information content (AvgIpc) is 2.92. The van der Waals surface area contributed by atoms with Gasteiger partial charge < -0.3 is 14.8 Å². The molecule has 0 heterocycles. The molecule has 37 heavy (non-hydrogen) atoms. The lowest BCUT2D eigenvalue weighted by molar-refractivity contribution is -0.144. The number of thioether (sulfide) groups is 1. The van der Waals surface area contributed by atoms with Gasteiger partial charge in [0.15, 0.2) is 6.61 Å². The second-order valence-electron chi connectivity index (χ2n) is 9.39. The highest BCUT2D eigenvalue weighted by molar-refractivity contribution is 8.00. The third kappa shape index (κ3) is 7.37. The van der Waals surface area contributed by atoms with E-state index in [9.17, 15) is 9.59 Å². The molecule has 0 aromatic heterocycles. The van der Waals surface area contributed by atoms with Crippen molar-refractivity contribution in [3.63, 3.8) is 0 Å². The molecule has 0 saturated carbocycles. The fourth-order valence-electron chi connectivity index (χ4n) is 3.70. The van der Waals surface area contributed by atoms with E-state index in [1.54, 1.807) is 24.3 Å². The van der Waals surface area contributed by atoms with E-state index < -0.39 is 11.9 Å². The van der Waals surface area contributed by atoms with Crippen molar-refractivity contribution in [3.05, 3.63) is 96.6 Å². The van der Waals surface area contributed by atoms with Crippen molar-refractivity contribution in [2.45, 2.75) is 37.5 Å². The molecular formula is C31H31NO4S. The van der Waals surface area contributed by atoms with Crippen molar-refractivity contribution >= 4 is 40.1 Å². The number of carbonyl (C=O) groups is 2. The predicted octanol–water partition coefficient (Wildman–Crippen LogP) is 7.59. The minimum Gasteiger partial charge on any atom is -0.457 e. The smallest absolute Gasteiger partial charge is 0.316 e. The SMILES string of the molecule is CCC(C)(C)c1ccc(Oc2ccc(NC(=O)COC(=O)CSc3ccc4ccccc4c3)cc2)cc1. The van der Waals surface area contributed by atoms with Crippen molar-refractivity contribution in [2.75, 3.05) is 17.7 Å². The van der Waals surface area contributed by atoms with Crippen molar-refractivity contribution in [2.24, 2.45) is 0 Å². The zero-order valence-electron chi connectivity index (χ0n) is 21.3. The summed E-state index contributed by atoms with van der Waals surface area (Å²) in [6, 6.07) is 29.3. The first-order valence-corrected chi connectivity index (χ1v) is 13.3. The normalized spacial score (nSPS) is 11.2. The van der Waals surface area contributed by atoms with Gasteiger partial charge in [-0.2, -0.15) is 0 Å². The van der Waals surface area contributed by atoms with Gasteiger partial charge in [-0.25, -0.2) is 0 Å². The third-order valence-electron chi connectivity index (χ3n) is 6.34. The van der Waals surface area contributed by atoms with E-state index in [2.05, 4.69) is 38.2 Å². The van der Waals surface area contributed by atoms with Crippen LogP contribution in [0.25, 0.3) is 10.8 Å². The molecule has 5 nitrogen and oxygen atoms in total. The van der Waals surface area contributed by atoms with Gasteiger partial charge in [0.05, 0.1) is 5.75 Å². The van der Waals surface area contributed by atoms with Crippen LogP contribution in [0.15, 0.2) is 95.9 Å². The summed E-state index contributed by atoms with van der Waals surface area (Å²) >= 11 is 1.38. The molecule has 0 bridgehead atoms. The van der Waals surface area contributed by atoms with Crippen LogP contribution in [0.5, 0.6) is 11.5 Å². The molecular weight excluding hydrogens is 482 g/mol. The summed E-state index contributed by atoms with van der Waals surface area (Å²) in [5, 5.41) is 5.00.